The van der Waals surface area contributed by atoms with Crippen LogP contribution < -0.4 is 10.6 Å². The highest BCUT2D eigenvalue weighted by molar-refractivity contribution is 5.95. The van der Waals surface area contributed by atoms with Crippen molar-refractivity contribution in [2.45, 2.75) is 65.8 Å². The van der Waals surface area contributed by atoms with Crippen LogP contribution in [0, 0.1) is 24.7 Å². The van der Waals surface area contributed by atoms with E-state index in [0.717, 1.165) is 43.3 Å². The molecule has 1 fully saturated rings. The van der Waals surface area contributed by atoms with E-state index in [1.165, 1.54) is 0 Å². The summed E-state index contributed by atoms with van der Waals surface area (Å²) < 4.78 is 1.92. The summed E-state index contributed by atoms with van der Waals surface area (Å²) in [4.78, 5) is 29.3. The third kappa shape index (κ3) is 5.17. The second-order valence-electron chi connectivity index (χ2n) is 8.89. The Morgan fingerprint density at radius 1 is 1.28 bits per heavy atom. The lowest BCUT2D eigenvalue weighted by Crippen LogP contribution is -2.49. The summed E-state index contributed by atoms with van der Waals surface area (Å²) in [6.07, 6.45) is 8.32. The lowest BCUT2D eigenvalue weighted by atomic mass is 9.79. The van der Waals surface area contributed by atoms with E-state index in [2.05, 4.69) is 36.4 Å². The van der Waals surface area contributed by atoms with Gasteiger partial charge in [0.05, 0.1) is 23.6 Å². The number of carbonyl (C=O) groups is 2. The number of nitrogens with one attached hydrogen (secondary N) is 2. The summed E-state index contributed by atoms with van der Waals surface area (Å²) in [5, 5.41) is 6.28. The van der Waals surface area contributed by atoms with E-state index >= 15 is 0 Å². The fraction of sp³-hybridized carbons (Fsp3) is 0.609. The van der Waals surface area contributed by atoms with E-state index in [4.69, 9.17) is 0 Å². The minimum absolute atomic E-state index is 0.0504. The van der Waals surface area contributed by atoms with Gasteiger partial charge in [-0.05, 0) is 56.6 Å². The first kappa shape index (κ1) is 21.3. The zero-order valence-corrected chi connectivity index (χ0v) is 18.1. The average molecular weight is 399 g/mol. The van der Waals surface area contributed by atoms with Crippen LogP contribution in [0.5, 0.6) is 0 Å². The molecule has 2 amide bonds. The Morgan fingerprint density at radius 3 is 2.72 bits per heavy atom. The zero-order valence-electron chi connectivity index (χ0n) is 18.1. The summed E-state index contributed by atoms with van der Waals surface area (Å²) in [5.41, 5.74) is 2.55. The molecule has 6 heteroatoms. The van der Waals surface area contributed by atoms with Crippen LogP contribution in [0.2, 0.25) is 0 Å². The van der Waals surface area contributed by atoms with Crippen LogP contribution in [0.4, 0.5) is 0 Å². The highest BCUT2D eigenvalue weighted by Crippen LogP contribution is 2.28. The van der Waals surface area contributed by atoms with Crippen molar-refractivity contribution in [2.24, 2.45) is 17.8 Å². The Morgan fingerprint density at radius 2 is 2.03 bits per heavy atom. The monoisotopic (exact) mass is 398 g/mol. The topological polar surface area (TPSA) is 75.5 Å². The molecule has 0 aliphatic heterocycles. The molecule has 0 radical (unpaired) electrons. The van der Waals surface area contributed by atoms with Gasteiger partial charge in [0.1, 0.15) is 0 Å². The van der Waals surface area contributed by atoms with E-state index in [0.29, 0.717) is 23.9 Å². The van der Waals surface area contributed by atoms with Crippen molar-refractivity contribution in [3.05, 3.63) is 35.9 Å². The highest BCUT2D eigenvalue weighted by atomic mass is 16.2. The maximum absolute atomic E-state index is 12.6. The number of rotatable bonds is 9. The molecule has 1 aliphatic carbocycles. The van der Waals surface area contributed by atoms with Crippen LogP contribution in [-0.4, -0.2) is 33.8 Å². The molecule has 1 unspecified atom stereocenters. The van der Waals surface area contributed by atoms with E-state index in [-0.39, 0.29) is 23.8 Å². The first-order valence-corrected chi connectivity index (χ1v) is 10.9. The lowest BCUT2D eigenvalue weighted by molar-refractivity contribution is -0.127. The van der Waals surface area contributed by atoms with E-state index < -0.39 is 0 Å². The van der Waals surface area contributed by atoms with Crippen molar-refractivity contribution in [1.29, 1.82) is 0 Å². The number of aryl methyl sites for hydroxylation is 1. The largest absolute Gasteiger partial charge is 0.353 e. The molecular weight excluding hydrogens is 364 g/mol. The molecule has 2 aromatic rings. The minimum Gasteiger partial charge on any atom is -0.353 e. The first-order valence-electron chi connectivity index (χ1n) is 10.9. The molecule has 0 aromatic carbocycles. The van der Waals surface area contributed by atoms with Crippen molar-refractivity contribution in [2.75, 3.05) is 6.54 Å². The quantitative estimate of drug-likeness (QED) is 0.676. The zero-order chi connectivity index (χ0) is 21.0. The third-order valence-corrected chi connectivity index (χ3v) is 5.98. The summed E-state index contributed by atoms with van der Waals surface area (Å²) in [6.45, 7) is 9.06. The maximum atomic E-state index is 12.6. The summed E-state index contributed by atoms with van der Waals surface area (Å²) in [6, 6.07) is 4.02. The minimum atomic E-state index is -0.0504. The van der Waals surface area contributed by atoms with Crippen LogP contribution >= 0.6 is 0 Å². The third-order valence-electron chi connectivity index (χ3n) is 5.98. The second-order valence-corrected chi connectivity index (χ2v) is 8.89. The molecule has 2 heterocycles. The number of aromatic nitrogens is 2. The molecule has 29 heavy (non-hydrogen) atoms. The highest BCUT2D eigenvalue weighted by Gasteiger charge is 2.32. The predicted molar refractivity (Wildman–Crippen MR) is 115 cm³/mol. The SMILES string of the molecule is CCCC(CC(C)C)C(=O)NC1CC(CNC(=O)c2ccc3cncn3c2C)C1. The van der Waals surface area contributed by atoms with Crippen molar-refractivity contribution < 1.29 is 9.59 Å². The summed E-state index contributed by atoms with van der Waals surface area (Å²) in [5.74, 6) is 1.24. The Labute approximate surface area is 173 Å². The molecular formula is C23H34N4O2. The first-order chi connectivity index (χ1) is 13.9. The van der Waals surface area contributed by atoms with Crippen LogP contribution in [0.3, 0.4) is 0 Å². The van der Waals surface area contributed by atoms with Gasteiger partial charge in [0.15, 0.2) is 0 Å². The van der Waals surface area contributed by atoms with E-state index in [1.54, 1.807) is 12.5 Å². The van der Waals surface area contributed by atoms with Gasteiger partial charge in [0.2, 0.25) is 5.91 Å². The van der Waals surface area contributed by atoms with Gasteiger partial charge in [-0.3, -0.25) is 9.59 Å². The predicted octanol–water partition coefficient (Wildman–Crippen LogP) is 3.73. The van der Waals surface area contributed by atoms with Gasteiger partial charge in [0.25, 0.3) is 5.91 Å². The molecule has 1 saturated carbocycles. The normalized spacial score (nSPS) is 19.8. The van der Waals surface area contributed by atoms with Crippen molar-refractivity contribution in [3.63, 3.8) is 0 Å². The van der Waals surface area contributed by atoms with Gasteiger partial charge < -0.3 is 15.0 Å². The fourth-order valence-corrected chi connectivity index (χ4v) is 4.31. The fourth-order valence-electron chi connectivity index (χ4n) is 4.31. The molecule has 2 aromatic heterocycles. The molecule has 1 aliphatic rings. The van der Waals surface area contributed by atoms with Crippen LogP contribution in [0.15, 0.2) is 24.7 Å². The summed E-state index contributed by atoms with van der Waals surface area (Å²) in [7, 11) is 0. The molecule has 1 atom stereocenters. The Bertz CT molecular complexity index is 852. The number of imidazole rings is 1. The number of amides is 2. The molecule has 0 spiro atoms. The Hall–Kier alpha value is -2.37. The van der Waals surface area contributed by atoms with Gasteiger partial charge in [-0.15, -0.1) is 0 Å². The smallest absolute Gasteiger partial charge is 0.253 e. The van der Waals surface area contributed by atoms with Gasteiger partial charge in [0, 0.05) is 24.2 Å². The van der Waals surface area contributed by atoms with Gasteiger partial charge >= 0.3 is 0 Å². The van der Waals surface area contributed by atoms with Crippen molar-refractivity contribution in [1.82, 2.24) is 20.0 Å². The average Bonchev–Trinajstić information content (AvgIpc) is 3.12. The van der Waals surface area contributed by atoms with Gasteiger partial charge in [-0.25, -0.2) is 4.98 Å². The number of carbonyl (C=O) groups excluding carboxylic acids is 2. The number of hydrogen-bond acceptors (Lipinski definition) is 3. The number of nitrogens with zero attached hydrogens (tertiary/aromatic N) is 2. The van der Waals surface area contributed by atoms with Gasteiger partial charge in [-0.2, -0.15) is 0 Å². The number of fused-ring (bicyclic) bond motifs is 1. The molecule has 158 valence electrons. The molecule has 0 bridgehead atoms. The molecule has 3 rings (SSSR count). The Balaban J connectivity index is 1.44. The van der Waals surface area contributed by atoms with Crippen LogP contribution in [0.25, 0.3) is 5.52 Å². The van der Waals surface area contributed by atoms with Crippen LogP contribution in [-0.2, 0) is 4.79 Å². The number of hydrogen-bond donors (Lipinski definition) is 2. The van der Waals surface area contributed by atoms with Crippen LogP contribution in [0.1, 0.15) is 68.9 Å². The van der Waals surface area contributed by atoms with E-state index in [9.17, 15) is 9.59 Å². The lowest BCUT2D eigenvalue weighted by Gasteiger charge is -2.37. The molecule has 0 saturated heterocycles. The standard InChI is InChI=1S/C23H34N4O2/c1-5-6-18(9-15(2)3)22(28)26-19-10-17(11-19)12-25-23(29)21-8-7-20-13-24-14-27(20)16(21)4/h7-8,13-15,17-19H,5-6,9-12H2,1-4H3,(H,25,29)(H,26,28). The van der Waals surface area contributed by atoms with Gasteiger partial charge in [-0.1, -0.05) is 27.2 Å². The number of pyridine rings is 1. The second kappa shape index (κ2) is 9.42. The maximum Gasteiger partial charge on any atom is 0.253 e. The Kier molecular flexibility index (Phi) is 6.93. The molecule has 6 nitrogen and oxygen atoms in total. The van der Waals surface area contributed by atoms with Crippen molar-refractivity contribution >= 4 is 17.3 Å². The summed E-state index contributed by atoms with van der Waals surface area (Å²) >= 11 is 0. The van der Waals surface area contributed by atoms with Crippen molar-refractivity contribution in [3.8, 4) is 0 Å². The van der Waals surface area contributed by atoms with E-state index in [1.807, 2.05) is 23.5 Å². The molecule has 2 N–H and O–H groups in total.